The van der Waals surface area contributed by atoms with Crippen LogP contribution < -0.4 is 5.32 Å². The second-order valence-corrected chi connectivity index (χ2v) is 6.90. The molecule has 18 heavy (non-hydrogen) atoms. The number of halogens is 2. The first-order valence-electron chi connectivity index (χ1n) is 6.54. The molecule has 1 aromatic rings. The van der Waals surface area contributed by atoms with Crippen molar-refractivity contribution in [2.75, 3.05) is 26.2 Å². The average molecular weight is 330 g/mol. The molecule has 1 aromatic carbocycles. The van der Waals surface area contributed by atoms with Crippen LogP contribution in [0.3, 0.4) is 0 Å². The Morgan fingerprint density at radius 2 is 2.28 bits per heavy atom. The molecule has 1 spiro atoms. The first-order valence-corrected chi connectivity index (χ1v) is 7.71. The lowest BCUT2D eigenvalue weighted by Crippen LogP contribution is -2.28. The lowest BCUT2D eigenvalue weighted by atomic mass is 9.87. The molecule has 2 fully saturated rings. The van der Waals surface area contributed by atoms with E-state index in [9.17, 15) is 0 Å². The van der Waals surface area contributed by atoms with Crippen molar-refractivity contribution >= 4 is 27.5 Å². The van der Waals surface area contributed by atoms with E-state index in [0.29, 0.717) is 5.41 Å². The molecule has 4 heteroatoms. The third-order valence-electron chi connectivity index (χ3n) is 4.24. The molecule has 2 heterocycles. The van der Waals surface area contributed by atoms with Gasteiger partial charge in [0.05, 0.1) is 5.02 Å². The highest BCUT2D eigenvalue weighted by Gasteiger charge is 2.39. The minimum Gasteiger partial charge on any atom is -0.316 e. The summed E-state index contributed by atoms with van der Waals surface area (Å²) in [4.78, 5) is 2.56. The maximum absolute atomic E-state index is 6.14. The Morgan fingerprint density at radius 3 is 3.00 bits per heavy atom. The first-order chi connectivity index (χ1) is 8.67. The molecule has 1 N–H and O–H groups in total. The lowest BCUT2D eigenvalue weighted by Gasteiger charge is -2.22. The van der Waals surface area contributed by atoms with Gasteiger partial charge < -0.3 is 5.32 Å². The van der Waals surface area contributed by atoms with Gasteiger partial charge in [-0.15, -0.1) is 0 Å². The highest BCUT2D eigenvalue weighted by Crippen LogP contribution is 2.36. The Hall–Kier alpha value is -0.0900. The smallest absolute Gasteiger partial charge is 0.0551 e. The van der Waals surface area contributed by atoms with Gasteiger partial charge in [-0.25, -0.2) is 0 Å². The summed E-state index contributed by atoms with van der Waals surface area (Å²) < 4.78 is 0.978. The van der Waals surface area contributed by atoms with Gasteiger partial charge in [0, 0.05) is 24.1 Å². The zero-order chi connectivity index (χ0) is 12.6. The molecule has 98 valence electrons. The molecular weight excluding hydrogens is 312 g/mol. The van der Waals surface area contributed by atoms with E-state index < -0.39 is 0 Å². The van der Waals surface area contributed by atoms with E-state index in [2.05, 4.69) is 38.3 Å². The Kier molecular flexibility index (Phi) is 3.68. The van der Waals surface area contributed by atoms with Gasteiger partial charge in [-0.05, 0) is 65.0 Å². The van der Waals surface area contributed by atoms with E-state index in [1.54, 1.807) is 0 Å². The van der Waals surface area contributed by atoms with Gasteiger partial charge in [-0.2, -0.15) is 0 Å². The van der Waals surface area contributed by atoms with Crippen molar-refractivity contribution in [1.82, 2.24) is 10.2 Å². The SMILES string of the molecule is Clc1cc(CN2CCC3(CCNC3)C2)ccc1Br. The molecule has 0 amide bonds. The van der Waals surface area contributed by atoms with Gasteiger partial charge in [-0.3, -0.25) is 4.90 Å². The normalized spacial score (nSPS) is 28.3. The van der Waals surface area contributed by atoms with Crippen molar-refractivity contribution in [2.45, 2.75) is 19.4 Å². The van der Waals surface area contributed by atoms with Crippen LogP contribution in [0.1, 0.15) is 18.4 Å². The number of likely N-dealkylation sites (tertiary alicyclic amines) is 1. The van der Waals surface area contributed by atoms with Crippen LogP contribution in [0.2, 0.25) is 5.02 Å². The van der Waals surface area contributed by atoms with Gasteiger partial charge in [0.25, 0.3) is 0 Å². The predicted molar refractivity (Wildman–Crippen MR) is 79.0 cm³/mol. The Morgan fingerprint density at radius 1 is 1.39 bits per heavy atom. The van der Waals surface area contributed by atoms with Gasteiger partial charge in [0.2, 0.25) is 0 Å². The number of nitrogens with one attached hydrogen (secondary N) is 1. The zero-order valence-electron chi connectivity index (χ0n) is 10.4. The second-order valence-electron chi connectivity index (χ2n) is 5.64. The van der Waals surface area contributed by atoms with E-state index >= 15 is 0 Å². The van der Waals surface area contributed by atoms with Crippen molar-refractivity contribution in [2.24, 2.45) is 5.41 Å². The molecule has 0 bridgehead atoms. The van der Waals surface area contributed by atoms with Crippen LogP contribution in [0.25, 0.3) is 0 Å². The summed E-state index contributed by atoms with van der Waals surface area (Å²) in [6.07, 6.45) is 2.68. The van der Waals surface area contributed by atoms with Crippen LogP contribution >= 0.6 is 27.5 Å². The standard InChI is InChI=1S/C14H18BrClN2/c15-12-2-1-11(7-13(12)16)8-18-6-4-14(10-18)3-5-17-9-14/h1-2,7,17H,3-6,8-10H2. The fraction of sp³-hybridized carbons (Fsp3) is 0.571. The monoisotopic (exact) mass is 328 g/mol. The summed E-state index contributed by atoms with van der Waals surface area (Å²) >= 11 is 9.58. The number of nitrogens with zero attached hydrogens (tertiary/aromatic N) is 1. The van der Waals surface area contributed by atoms with E-state index in [1.807, 2.05) is 6.07 Å². The molecule has 2 saturated heterocycles. The maximum atomic E-state index is 6.14. The number of benzene rings is 1. The third kappa shape index (κ3) is 2.60. The Bertz CT molecular complexity index is 443. The highest BCUT2D eigenvalue weighted by molar-refractivity contribution is 9.10. The molecule has 2 nitrogen and oxygen atoms in total. The zero-order valence-corrected chi connectivity index (χ0v) is 12.7. The summed E-state index contributed by atoms with van der Waals surface area (Å²) in [5.41, 5.74) is 1.87. The topological polar surface area (TPSA) is 15.3 Å². The van der Waals surface area contributed by atoms with E-state index in [0.717, 1.165) is 16.0 Å². The fourth-order valence-electron chi connectivity index (χ4n) is 3.20. The maximum Gasteiger partial charge on any atom is 0.0551 e. The molecule has 1 unspecified atom stereocenters. The van der Waals surface area contributed by atoms with Crippen molar-refractivity contribution in [3.05, 3.63) is 33.3 Å². The van der Waals surface area contributed by atoms with Crippen molar-refractivity contribution in [1.29, 1.82) is 0 Å². The van der Waals surface area contributed by atoms with Crippen molar-refractivity contribution in [3.63, 3.8) is 0 Å². The van der Waals surface area contributed by atoms with E-state index in [-0.39, 0.29) is 0 Å². The lowest BCUT2D eigenvalue weighted by molar-refractivity contribution is 0.268. The van der Waals surface area contributed by atoms with Crippen molar-refractivity contribution < 1.29 is 0 Å². The molecule has 0 saturated carbocycles. The Labute approximate surface area is 122 Å². The van der Waals surface area contributed by atoms with Gasteiger partial charge >= 0.3 is 0 Å². The van der Waals surface area contributed by atoms with E-state index in [4.69, 9.17) is 11.6 Å². The summed E-state index contributed by atoms with van der Waals surface area (Å²) in [5, 5.41) is 4.31. The van der Waals surface area contributed by atoms with E-state index in [1.165, 1.54) is 44.6 Å². The quantitative estimate of drug-likeness (QED) is 0.896. The summed E-state index contributed by atoms with van der Waals surface area (Å²) in [6, 6.07) is 6.28. The Balaban J connectivity index is 1.65. The molecule has 3 rings (SSSR count). The minimum atomic E-state index is 0.555. The van der Waals surface area contributed by atoms with Crippen LogP contribution in [0.4, 0.5) is 0 Å². The number of rotatable bonds is 2. The predicted octanol–water partition coefficient (Wildman–Crippen LogP) is 3.29. The largest absolute Gasteiger partial charge is 0.316 e. The molecular formula is C14H18BrClN2. The van der Waals surface area contributed by atoms with Crippen LogP contribution in [0.15, 0.2) is 22.7 Å². The highest BCUT2D eigenvalue weighted by atomic mass is 79.9. The van der Waals surface area contributed by atoms with Crippen LogP contribution in [-0.2, 0) is 6.54 Å². The summed E-state index contributed by atoms with van der Waals surface area (Å²) in [5.74, 6) is 0. The van der Waals surface area contributed by atoms with Crippen LogP contribution in [-0.4, -0.2) is 31.1 Å². The minimum absolute atomic E-state index is 0.555. The number of hydrogen-bond donors (Lipinski definition) is 1. The van der Waals surface area contributed by atoms with Gasteiger partial charge in [-0.1, -0.05) is 17.7 Å². The van der Waals surface area contributed by atoms with Gasteiger partial charge in [0.15, 0.2) is 0 Å². The molecule has 1 atom stereocenters. The molecule has 2 aliphatic rings. The average Bonchev–Trinajstić information content (AvgIpc) is 2.96. The fourth-order valence-corrected chi connectivity index (χ4v) is 3.65. The second kappa shape index (κ2) is 5.12. The summed E-state index contributed by atoms with van der Waals surface area (Å²) in [6.45, 7) is 5.86. The first kappa shape index (κ1) is 12.9. The molecule has 0 aromatic heterocycles. The summed E-state index contributed by atoms with van der Waals surface area (Å²) in [7, 11) is 0. The van der Waals surface area contributed by atoms with Crippen LogP contribution in [0, 0.1) is 5.41 Å². The molecule has 0 aliphatic carbocycles. The van der Waals surface area contributed by atoms with Crippen molar-refractivity contribution in [3.8, 4) is 0 Å². The van der Waals surface area contributed by atoms with Crippen LogP contribution in [0.5, 0.6) is 0 Å². The van der Waals surface area contributed by atoms with Gasteiger partial charge in [0.1, 0.15) is 0 Å². The third-order valence-corrected chi connectivity index (χ3v) is 5.47. The number of hydrogen-bond acceptors (Lipinski definition) is 2. The molecule has 0 radical (unpaired) electrons. The molecule has 2 aliphatic heterocycles.